The third-order valence-electron chi connectivity index (χ3n) is 10.2. The van der Waals surface area contributed by atoms with E-state index in [1.807, 2.05) is 0 Å². The summed E-state index contributed by atoms with van der Waals surface area (Å²) in [5.74, 6) is 0. The van der Waals surface area contributed by atoms with Crippen LogP contribution in [0.25, 0.3) is 66.0 Å². The van der Waals surface area contributed by atoms with Crippen LogP contribution in [0.4, 0.5) is 0 Å². The van der Waals surface area contributed by atoms with Crippen molar-refractivity contribution in [3.63, 3.8) is 0 Å². The second-order valence-corrected chi connectivity index (χ2v) is 12.2. The second kappa shape index (κ2) is 8.12. The molecule has 0 saturated carbocycles. The first-order chi connectivity index (χ1) is 21.2. The van der Waals surface area contributed by atoms with Crippen LogP contribution in [0.5, 0.6) is 0 Å². The Balaban J connectivity index is 1.25. The van der Waals surface area contributed by atoms with Gasteiger partial charge in [0.1, 0.15) is 0 Å². The van der Waals surface area contributed by atoms with Crippen molar-refractivity contribution in [1.82, 2.24) is 4.57 Å². The van der Waals surface area contributed by atoms with Crippen molar-refractivity contribution in [2.75, 3.05) is 0 Å². The highest BCUT2D eigenvalue weighted by Gasteiger charge is 2.51. The van der Waals surface area contributed by atoms with Crippen molar-refractivity contribution >= 4 is 32.6 Å². The van der Waals surface area contributed by atoms with Crippen LogP contribution < -0.4 is 0 Å². The van der Waals surface area contributed by atoms with E-state index in [1.165, 1.54) is 88.2 Å². The van der Waals surface area contributed by atoms with E-state index >= 15 is 0 Å². The highest BCUT2D eigenvalue weighted by Crippen LogP contribution is 2.63. The number of nitrogens with zero attached hydrogens (tertiary/aromatic N) is 1. The molecule has 0 radical (unpaired) electrons. The quantitative estimate of drug-likeness (QED) is 0.193. The molecule has 0 aliphatic heterocycles. The van der Waals surface area contributed by atoms with Gasteiger partial charge in [-0.1, -0.05) is 115 Å². The molecule has 0 atom stereocenters. The van der Waals surface area contributed by atoms with Crippen molar-refractivity contribution in [2.24, 2.45) is 7.05 Å². The molecule has 200 valence electrons. The van der Waals surface area contributed by atoms with Crippen LogP contribution >= 0.6 is 0 Å². The lowest BCUT2D eigenvalue weighted by atomic mass is 9.70. The summed E-state index contributed by atoms with van der Waals surface area (Å²) < 4.78 is 2.33. The Bertz CT molecular complexity index is 2410. The normalized spacial score (nSPS) is 13.9. The van der Waals surface area contributed by atoms with Crippen LogP contribution in [-0.4, -0.2) is 4.57 Å². The predicted octanol–water partition coefficient (Wildman–Crippen LogP) is 10.5. The molecular weight excluding hydrogens is 518 g/mol. The number of hydrogen-bond donors (Lipinski definition) is 0. The minimum atomic E-state index is -0.322. The molecule has 1 spiro atoms. The van der Waals surface area contributed by atoms with Gasteiger partial charge in [0, 0.05) is 28.9 Å². The van der Waals surface area contributed by atoms with E-state index in [-0.39, 0.29) is 5.41 Å². The average Bonchev–Trinajstić information content (AvgIpc) is 3.64. The maximum absolute atomic E-state index is 2.48. The van der Waals surface area contributed by atoms with Crippen molar-refractivity contribution < 1.29 is 0 Å². The van der Waals surface area contributed by atoms with Crippen molar-refractivity contribution in [3.8, 4) is 33.4 Å². The number of rotatable bonds is 1. The SMILES string of the molecule is Cn1c2ccc(-c3ccc4c(c3)C3(c5ccccc5-c5ccccc53)c3ccccc3-4)cc2c2cc3ccccc3cc21. The summed E-state index contributed by atoms with van der Waals surface area (Å²) in [5.41, 5.74) is 15.6. The van der Waals surface area contributed by atoms with Gasteiger partial charge < -0.3 is 4.57 Å². The Kier molecular flexibility index (Phi) is 4.38. The molecule has 0 unspecified atom stereocenters. The van der Waals surface area contributed by atoms with Gasteiger partial charge in [-0.2, -0.15) is 0 Å². The van der Waals surface area contributed by atoms with Crippen molar-refractivity contribution in [1.29, 1.82) is 0 Å². The third kappa shape index (κ3) is 2.82. The van der Waals surface area contributed by atoms with E-state index in [0.29, 0.717) is 0 Å². The van der Waals surface area contributed by atoms with Gasteiger partial charge in [0.2, 0.25) is 0 Å². The molecule has 8 aromatic rings. The summed E-state index contributed by atoms with van der Waals surface area (Å²) in [7, 11) is 2.18. The third-order valence-corrected chi connectivity index (χ3v) is 10.2. The lowest BCUT2D eigenvalue weighted by Crippen LogP contribution is -2.25. The van der Waals surface area contributed by atoms with Crippen molar-refractivity contribution in [3.05, 3.63) is 168 Å². The van der Waals surface area contributed by atoms with Gasteiger partial charge in [-0.3, -0.25) is 0 Å². The molecule has 1 heteroatoms. The predicted molar refractivity (Wildman–Crippen MR) is 180 cm³/mol. The maximum Gasteiger partial charge on any atom is 0.0725 e. The molecule has 2 aliphatic rings. The van der Waals surface area contributed by atoms with Crippen LogP contribution in [0, 0.1) is 0 Å². The minimum absolute atomic E-state index is 0.322. The summed E-state index contributed by atoms with van der Waals surface area (Å²) in [6, 6.07) is 54.6. The first-order valence-corrected chi connectivity index (χ1v) is 15.1. The van der Waals surface area contributed by atoms with Gasteiger partial charge in [0.25, 0.3) is 0 Å². The number of aryl methyl sites for hydroxylation is 1. The van der Waals surface area contributed by atoms with Crippen LogP contribution in [-0.2, 0) is 12.5 Å². The van der Waals surface area contributed by atoms with E-state index in [2.05, 4.69) is 157 Å². The van der Waals surface area contributed by atoms with E-state index < -0.39 is 0 Å². The lowest BCUT2D eigenvalue weighted by Gasteiger charge is -2.30. The topological polar surface area (TPSA) is 4.93 Å². The molecule has 0 saturated heterocycles. The van der Waals surface area contributed by atoms with Gasteiger partial charge in [-0.25, -0.2) is 0 Å². The highest BCUT2D eigenvalue weighted by molar-refractivity contribution is 6.13. The molecule has 0 bridgehead atoms. The summed E-state index contributed by atoms with van der Waals surface area (Å²) >= 11 is 0. The number of hydrogen-bond acceptors (Lipinski definition) is 0. The van der Waals surface area contributed by atoms with E-state index in [1.54, 1.807) is 0 Å². The largest absolute Gasteiger partial charge is 0.344 e. The Hall–Kier alpha value is -5.40. The Labute approximate surface area is 250 Å². The zero-order valence-corrected chi connectivity index (χ0v) is 23.8. The number of fused-ring (bicyclic) bond motifs is 14. The summed E-state index contributed by atoms with van der Waals surface area (Å²) in [4.78, 5) is 0. The van der Waals surface area contributed by atoms with Gasteiger partial charge in [-0.15, -0.1) is 0 Å². The minimum Gasteiger partial charge on any atom is -0.344 e. The fourth-order valence-corrected chi connectivity index (χ4v) is 8.35. The molecule has 0 amide bonds. The van der Waals surface area contributed by atoms with Crippen LogP contribution in [0.1, 0.15) is 22.3 Å². The zero-order valence-electron chi connectivity index (χ0n) is 23.8. The van der Waals surface area contributed by atoms with Gasteiger partial charge in [0.15, 0.2) is 0 Å². The monoisotopic (exact) mass is 545 g/mol. The molecule has 2 aliphatic carbocycles. The lowest BCUT2D eigenvalue weighted by molar-refractivity contribution is 0.794. The van der Waals surface area contributed by atoms with Gasteiger partial charge in [-0.05, 0) is 96.7 Å². The molecule has 10 rings (SSSR count). The molecule has 43 heavy (non-hydrogen) atoms. The number of aromatic nitrogens is 1. The summed E-state index contributed by atoms with van der Waals surface area (Å²) in [6.07, 6.45) is 0. The molecular formula is C42H27N. The second-order valence-electron chi connectivity index (χ2n) is 12.2. The summed E-state index contributed by atoms with van der Waals surface area (Å²) in [5, 5.41) is 5.17. The van der Waals surface area contributed by atoms with Crippen molar-refractivity contribution in [2.45, 2.75) is 5.41 Å². The fraction of sp³-hybridized carbons (Fsp3) is 0.0476. The molecule has 1 heterocycles. The van der Waals surface area contributed by atoms with Gasteiger partial charge in [0.05, 0.1) is 5.41 Å². The van der Waals surface area contributed by atoms with E-state index in [0.717, 1.165) is 0 Å². The van der Waals surface area contributed by atoms with Crippen LogP contribution in [0.15, 0.2) is 146 Å². The Morgan fingerprint density at radius 3 is 1.53 bits per heavy atom. The molecule has 1 aromatic heterocycles. The average molecular weight is 546 g/mol. The fourth-order valence-electron chi connectivity index (χ4n) is 8.35. The molecule has 1 nitrogen and oxygen atoms in total. The van der Waals surface area contributed by atoms with Crippen LogP contribution in [0.2, 0.25) is 0 Å². The smallest absolute Gasteiger partial charge is 0.0725 e. The van der Waals surface area contributed by atoms with Gasteiger partial charge >= 0.3 is 0 Å². The number of benzene rings is 7. The highest BCUT2D eigenvalue weighted by atomic mass is 14.9. The standard InChI is InChI=1S/C42H27N/c1-43-40-21-19-28(23-34(40)35-22-26-10-2-3-11-27(26)25-41(35)43)29-18-20-33-32-14-6-9-17-38(32)42(39(33)24-29)36-15-7-4-12-30(36)31-13-5-8-16-37(31)42/h2-25H,1H3. The maximum atomic E-state index is 2.48. The first-order valence-electron chi connectivity index (χ1n) is 15.1. The molecule has 0 fully saturated rings. The van der Waals surface area contributed by atoms with Crippen LogP contribution in [0.3, 0.4) is 0 Å². The molecule has 7 aromatic carbocycles. The van der Waals surface area contributed by atoms with E-state index in [9.17, 15) is 0 Å². The Morgan fingerprint density at radius 1 is 0.395 bits per heavy atom. The first kappa shape index (κ1) is 23.2. The zero-order chi connectivity index (χ0) is 28.3. The Morgan fingerprint density at radius 2 is 0.884 bits per heavy atom. The van der Waals surface area contributed by atoms with E-state index in [4.69, 9.17) is 0 Å². The summed E-state index contributed by atoms with van der Waals surface area (Å²) in [6.45, 7) is 0. The molecule has 0 N–H and O–H groups in total.